The molecule has 0 bridgehead atoms. The van der Waals surface area contributed by atoms with Crippen LogP contribution in [-0.4, -0.2) is 29.1 Å². The summed E-state index contributed by atoms with van der Waals surface area (Å²) in [6.45, 7) is 7.42. The van der Waals surface area contributed by atoms with Gasteiger partial charge in [0.2, 0.25) is 5.91 Å². The van der Waals surface area contributed by atoms with E-state index in [0.717, 1.165) is 33.9 Å². The van der Waals surface area contributed by atoms with Crippen molar-refractivity contribution in [3.05, 3.63) is 66.5 Å². The van der Waals surface area contributed by atoms with Crippen molar-refractivity contribution in [2.45, 2.75) is 25.8 Å². The van der Waals surface area contributed by atoms with E-state index in [0.29, 0.717) is 19.5 Å². The Hall–Kier alpha value is -3.08. The second kappa shape index (κ2) is 6.91. The van der Waals surface area contributed by atoms with Crippen molar-refractivity contribution in [2.75, 3.05) is 18.6 Å². The van der Waals surface area contributed by atoms with Crippen molar-refractivity contribution in [1.82, 2.24) is 9.55 Å². The Labute approximate surface area is 158 Å². The molecule has 3 aromatic rings. The van der Waals surface area contributed by atoms with Crippen LogP contribution in [0.25, 0.3) is 11.0 Å². The number of nitrogens with zero attached hydrogens (tertiary/aromatic N) is 3. The number of rotatable bonds is 5. The molecule has 5 nitrogen and oxygen atoms in total. The number of allylic oxidation sites excluding steroid dienone is 1. The van der Waals surface area contributed by atoms with Gasteiger partial charge in [-0.25, -0.2) is 4.98 Å². The minimum atomic E-state index is 0.0614. The number of anilines is 1. The molecule has 1 fully saturated rings. The number of hydrogen-bond donors (Lipinski definition) is 0. The largest absolute Gasteiger partial charge is 0.497 e. The molecule has 0 radical (unpaired) electrons. The van der Waals surface area contributed by atoms with Crippen LogP contribution in [-0.2, 0) is 11.3 Å². The molecule has 5 heteroatoms. The molecule has 0 spiro atoms. The first-order valence-corrected chi connectivity index (χ1v) is 9.11. The maximum atomic E-state index is 12.7. The predicted octanol–water partition coefficient (Wildman–Crippen LogP) is 4.14. The minimum Gasteiger partial charge on any atom is -0.497 e. The number of ether oxygens (including phenoxy) is 1. The maximum Gasteiger partial charge on any atom is 0.227 e. The van der Waals surface area contributed by atoms with E-state index in [1.807, 2.05) is 54.3 Å². The van der Waals surface area contributed by atoms with E-state index in [1.54, 1.807) is 7.11 Å². The van der Waals surface area contributed by atoms with Crippen LogP contribution in [0.15, 0.2) is 60.7 Å². The zero-order valence-electron chi connectivity index (χ0n) is 15.7. The van der Waals surface area contributed by atoms with Gasteiger partial charge in [0.1, 0.15) is 11.6 Å². The van der Waals surface area contributed by atoms with Gasteiger partial charge in [0, 0.05) is 31.1 Å². The molecular formula is C22H23N3O2. The lowest BCUT2D eigenvalue weighted by molar-refractivity contribution is -0.117. The van der Waals surface area contributed by atoms with Crippen LogP contribution in [0, 0.1) is 0 Å². The fraction of sp³-hybridized carbons (Fsp3) is 0.273. The number of fused-ring (bicyclic) bond motifs is 1. The minimum absolute atomic E-state index is 0.0614. The summed E-state index contributed by atoms with van der Waals surface area (Å²) in [5.41, 5.74) is 4.01. The molecule has 1 aliphatic heterocycles. The molecule has 27 heavy (non-hydrogen) atoms. The van der Waals surface area contributed by atoms with Crippen molar-refractivity contribution in [2.24, 2.45) is 0 Å². The van der Waals surface area contributed by atoms with Crippen LogP contribution in [0.3, 0.4) is 0 Å². The van der Waals surface area contributed by atoms with Crippen molar-refractivity contribution >= 4 is 22.6 Å². The molecule has 1 saturated heterocycles. The lowest BCUT2D eigenvalue weighted by Crippen LogP contribution is -2.24. The van der Waals surface area contributed by atoms with Gasteiger partial charge in [-0.05, 0) is 43.3 Å². The highest BCUT2D eigenvalue weighted by Crippen LogP contribution is 2.34. The molecule has 1 aliphatic rings. The van der Waals surface area contributed by atoms with Gasteiger partial charge in [-0.3, -0.25) is 4.79 Å². The van der Waals surface area contributed by atoms with Crippen LogP contribution < -0.4 is 9.64 Å². The number of methoxy groups -OCH3 is 1. The molecule has 0 unspecified atom stereocenters. The first-order chi connectivity index (χ1) is 13.1. The summed E-state index contributed by atoms with van der Waals surface area (Å²) in [6, 6.07) is 15.7. The van der Waals surface area contributed by atoms with Crippen molar-refractivity contribution in [1.29, 1.82) is 0 Å². The van der Waals surface area contributed by atoms with Crippen LogP contribution >= 0.6 is 0 Å². The third kappa shape index (κ3) is 3.21. The Balaban J connectivity index is 1.68. The van der Waals surface area contributed by atoms with E-state index in [9.17, 15) is 4.79 Å². The molecule has 1 atom stereocenters. The summed E-state index contributed by atoms with van der Waals surface area (Å²) in [5, 5.41) is 0. The SMILES string of the molecule is C=C(C)Cn1c([C@H]2CC(=O)N(c3ccc(OC)cc3)C2)nc2ccccc21. The third-order valence-corrected chi connectivity index (χ3v) is 4.99. The fourth-order valence-electron chi connectivity index (χ4n) is 3.73. The van der Waals surface area contributed by atoms with Crippen LogP contribution in [0.1, 0.15) is 25.1 Å². The molecule has 1 aromatic heterocycles. The molecular weight excluding hydrogens is 338 g/mol. The summed E-state index contributed by atoms with van der Waals surface area (Å²) < 4.78 is 7.41. The Morgan fingerprint density at radius 1 is 1.22 bits per heavy atom. The lowest BCUT2D eigenvalue weighted by atomic mass is 10.1. The Kier molecular flexibility index (Phi) is 4.44. The molecule has 2 aromatic carbocycles. The number of aromatic nitrogens is 2. The van der Waals surface area contributed by atoms with Gasteiger partial charge >= 0.3 is 0 Å². The first kappa shape index (κ1) is 17.3. The monoisotopic (exact) mass is 361 g/mol. The van der Waals surface area contributed by atoms with E-state index in [-0.39, 0.29) is 11.8 Å². The predicted molar refractivity (Wildman–Crippen MR) is 107 cm³/mol. The van der Waals surface area contributed by atoms with E-state index in [2.05, 4.69) is 17.2 Å². The topological polar surface area (TPSA) is 47.4 Å². The van der Waals surface area contributed by atoms with Gasteiger partial charge in [0.15, 0.2) is 0 Å². The van der Waals surface area contributed by atoms with Crippen LogP contribution in [0.5, 0.6) is 5.75 Å². The van der Waals surface area contributed by atoms with E-state index in [4.69, 9.17) is 9.72 Å². The fourth-order valence-corrected chi connectivity index (χ4v) is 3.73. The summed E-state index contributed by atoms with van der Waals surface area (Å²) >= 11 is 0. The van der Waals surface area contributed by atoms with Gasteiger partial charge in [0.25, 0.3) is 0 Å². The third-order valence-electron chi connectivity index (χ3n) is 4.99. The summed E-state index contributed by atoms with van der Waals surface area (Å²) in [6.07, 6.45) is 0.464. The van der Waals surface area contributed by atoms with Gasteiger partial charge < -0.3 is 14.2 Å². The van der Waals surface area contributed by atoms with E-state index in [1.165, 1.54) is 0 Å². The molecule has 138 valence electrons. The Bertz CT molecular complexity index is 1000. The lowest BCUT2D eigenvalue weighted by Gasteiger charge is -2.18. The average molecular weight is 361 g/mol. The Morgan fingerprint density at radius 2 is 1.96 bits per heavy atom. The number of benzene rings is 2. The number of carbonyl (C=O) groups excluding carboxylic acids is 1. The molecule has 0 saturated carbocycles. The molecule has 2 heterocycles. The molecule has 4 rings (SSSR count). The number of imidazole rings is 1. The number of para-hydroxylation sites is 2. The number of amides is 1. The van der Waals surface area contributed by atoms with Gasteiger partial charge in [0.05, 0.1) is 18.1 Å². The van der Waals surface area contributed by atoms with Crippen molar-refractivity contribution in [3.8, 4) is 5.75 Å². The normalized spacial score (nSPS) is 16.9. The average Bonchev–Trinajstić information content (AvgIpc) is 3.22. The second-order valence-electron chi connectivity index (χ2n) is 7.11. The van der Waals surface area contributed by atoms with E-state index < -0.39 is 0 Å². The van der Waals surface area contributed by atoms with Crippen LogP contribution in [0.4, 0.5) is 5.69 Å². The summed E-state index contributed by atoms with van der Waals surface area (Å²) in [7, 11) is 1.64. The summed E-state index contributed by atoms with van der Waals surface area (Å²) in [4.78, 5) is 19.4. The van der Waals surface area contributed by atoms with Gasteiger partial charge in [-0.1, -0.05) is 24.3 Å². The highest BCUT2D eigenvalue weighted by molar-refractivity contribution is 5.96. The molecule has 0 N–H and O–H groups in total. The zero-order valence-corrected chi connectivity index (χ0v) is 15.7. The number of carbonyl (C=O) groups is 1. The smallest absolute Gasteiger partial charge is 0.227 e. The summed E-state index contributed by atoms with van der Waals surface area (Å²) in [5.74, 6) is 1.93. The van der Waals surface area contributed by atoms with Crippen molar-refractivity contribution < 1.29 is 9.53 Å². The molecule has 1 amide bonds. The standard InChI is InChI=1S/C22H23N3O2/c1-15(2)13-25-20-7-5-4-6-19(20)23-22(25)16-12-21(26)24(14-16)17-8-10-18(27-3)11-9-17/h4-11,16H,1,12-14H2,2-3H3/t16-/m0/s1. The first-order valence-electron chi connectivity index (χ1n) is 9.11. The highest BCUT2D eigenvalue weighted by atomic mass is 16.5. The molecule has 0 aliphatic carbocycles. The maximum absolute atomic E-state index is 12.7. The Morgan fingerprint density at radius 3 is 2.67 bits per heavy atom. The number of hydrogen-bond acceptors (Lipinski definition) is 3. The highest BCUT2D eigenvalue weighted by Gasteiger charge is 2.34. The quantitative estimate of drug-likeness (QED) is 0.642. The van der Waals surface area contributed by atoms with Crippen molar-refractivity contribution in [3.63, 3.8) is 0 Å². The second-order valence-corrected chi connectivity index (χ2v) is 7.11. The van der Waals surface area contributed by atoms with E-state index >= 15 is 0 Å². The van der Waals surface area contributed by atoms with Gasteiger partial charge in [-0.15, -0.1) is 0 Å². The van der Waals surface area contributed by atoms with Gasteiger partial charge in [-0.2, -0.15) is 0 Å². The van der Waals surface area contributed by atoms with Crippen LogP contribution in [0.2, 0.25) is 0 Å². The zero-order chi connectivity index (χ0) is 19.0.